The summed E-state index contributed by atoms with van der Waals surface area (Å²) in [6, 6.07) is 9.04. The number of esters is 1. The summed E-state index contributed by atoms with van der Waals surface area (Å²) >= 11 is 0. The number of hydrogen-bond acceptors (Lipinski definition) is 3. The highest BCUT2D eigenvalue weighted by Crippen LogP contribution is 2.01. The molecule has 0 aliphatic carbocycles. The zero-order valence-corrected chi connectivity index (χ0v) is 10.2. The lowest BCUT2D eigenvalue weighted by molar-refractivity contribution is -0.133. The van der Waals surface area contributed by atoms with Crippen molar-refractivity contribution in [1.82, 2.24) is 0 Å². The summed E-state index contributed by atoms with van der Waals surface area (Å²) < 4.78 is 4.37. The van der Waals surface area contributed by atoms with Crippen LogP contribution in [0.25, 0.3) is 0 Å². The third-order valence-electron chi connectivity index (χ3n) is 2.14. The standard InChI is InChI=1S/C15H14O3/c1-18-15(17)12-8-3-2-7-11-14(16)13-9-5-4-6-10-13/h4-7,9-11H,2-3H2,1H3/b11-7+. The smallest absolute Gasteiger partial charge is 0.384 e. The Kier molecular flexibility index (Phi) is 5.99. The molecule has 1 aromatic carbocycles. The lowest BCUT2D eigenvalue weighted by atomic mass is 10.1. The number of unbranched alkanes of at least 4 members (excludes halogenated alkanes) is 1. The van der Waals surface area contributed by atoms with Crippen molar-refractivity contribution in [2.75, 3.05) is 7.11 Å². The summed E-state index contributed by atoms with van der Waals surface area (Å²) in [4.78, 5) is 22.3. The number of carbonyl (C=O) groups excluding carboxylic acids is 2. The zero-order valence-electron chi connectivity index (χ0n) is 10.2. The lowest BCUT2D eigenvalue weighted by Crippen LogP contribution is -1.94. The lowest BCUT2D eigenvalue weighted by Gasteiger charge is -1.93. The summed E-state index contributed by atoms with van der Waals surface area (Å²) in [7, 11) is 1.29. The number of carbonyl (C=O) groups is 2. The van der Waals surface area contributed by atoms with Gasteiger partial charge in [0, 0.05) is 17.9 Å². The Labute approximate surface area is 106 Å². The molecule has 0 aliphatic rings. The van der Waals surface area contributed by atoms with E-state index in [1.54, 1.807) is 18.2 Å². The van der Waals surface area contributed by atoms with Crippen LogP contribution in [0.3, 0.4) is 0 Å². The molecule has 0 spiro atoms. The fraction of sp³-hybridized carbons (Fsp3) is 0.200. The normalized spacial score (nSPS) is 9.61. The Morgan fingerprint density at radius 1 is 1.28 bits per heavy atom. The Balaban J connectivity index is 2.35. The van der Waals surface area contributed by atoms with Gasteiger partial charge in [0.15, 0.2) is 5.78 Å². The van der Waals surface area contributed by atoms with E-state index in [9.17, 15) is 9.59 Å². The zero-order chi connectivity index (χ0) is 13.2. The molecule has 0 bridgehead atoms. The number of allylic oxidation sites excluding steroid dienone is 2. The van der Waals surface area contributed by atoms with Gasteiger partial charge in [-0.2, -0.15) is 0 Å². The van der Waals surface area contributed by atoms with E-state index >= 15 is 0 Å². The summed E-state index contributed by atoms with van der Waals surface area (Å²) in [6.07, 6.45) is 4.42. The van der Waals surface area contributed by atoms with Crippen molar-refractivity contribution in [2.45, 2.75) is 12.8 Å². The Hall–Kier alpha value is -2.34. The van der Waals surface area contributed by atoms with Gasteiger partial charge in [-0.05, 0) is 12.5 Å². The minimum atomic E-state index is -0.542. The molecule has 3 nitrogen and oxygen atoms in total. The van der Waals surface area contributed by atoms with Gasteiger partial charge in [0.1, 0.15) is 0 Å². The van der Waals surface area contributed by atoms with Crippen LogP contribution in [0.2, 0.25) is 0 Å². The fourth-order valence-corrected chi connectivity index (χ4v) is 1.23. The largest absolute Gasteiger partial charge is 0.459 e. The van der Waals surface area contributed by atoms with E-state index < -0.39 is 5.97 Å². The highest BCUT2D eigenvalue weighted by atomic mass is 16.5. The van der Waals surface area contributed by atoms with Gasteiger partial charge in [0.25, 0.3) is 0 Å². The van der Waals surface area contributed by atoms with Gasteiger partial charge in [-0.25, -0.2) is 4.79 Å². The molecule has 18 heavy (non-hydrogen) atoms. The van der Waals surface area contributed by atoms with Gasteiger partial charge < -0.3 is 4.74 Å². The van der Waals surface area contributed by atoms with Crippen molar-refractivity contribution in [2.24, 2.45) is 0 Å². The number of ether oxygens (including phenoxy) is 1. The molecule has 0 unspecified atom stereocenters. The van der Waals surface area contributed by atoms with Crippen LogP contribution in [0.5, 0.6) is 0 Å². The monoisotopic (exact) mass is 242 g/mol. The average molecular weight is 242 g/mol. The molecule has 3 heteroatoms. The van der Waals surface area contributed by atoms with E-state index in [0.717, 1.165) is 0 Å². The molecular formula is C15H14O3. The van der Waals surface area contributed by atoms with Gasteiger partial charge in [-0.15, -0.1) is 0 Å². The van der Waals surface area contributed by atoms with Crippen molar-refractivity contribution in [3.05, 3.63) is 48.0 Å². The minimum absolute atomic E-state index is 0.0310. The van der Waals surface area contributed by atoms with Crippen LogP contribution in [-0.2, 0) is 9.53 Å². The maximum Gasteiger partial charge on any atom is 0.384 e. The first-order valence-corrected chi connectivity index (χ1v) is 5.57. The molecule has 0 saturated carbocycles. The summed E-state index contributed by atoms with van der Waals surface area (Å²) in [5, 5.41) is 0. The second kappa shape index (κ2) is 7.86. The van der Waals surface area contributed by atoms with Gasteiger partial charge in [0.05, 0.1) is 7.11 Å². The van der Waals surface area contributed by atoms with Crippen LogP contribution in [-0.4, -0.2) is 18.9 Å². The van der Waals surface area contributed by atoms with Gasteiger partial charge in [-0.3, -0.25) is 4.79 Å². The molecule has 0 aromatic heterocycles. The van der Waals surface area contributed by atoms with Crippen LogP contribution in [0.1, 0.15) is 23.2 Å². The Bertz CT molecular complexity index is 489. The van der Waals surface area contributed by atoms with Gasteiger partial charge >= 0.3 is 5.97 Å². The van der Waals surface area contributed by atoms with E-state index in [1.165, 1.54) is 13.2 Å². The Morgan fingerprint density at radius 3 is 2.67 bits per heavy atom. The molecule has 0 atom stereocenters. The number of benzene rings is 1. The molecular weight excluding hydrogens is 228 g/mol. The maximum atomic E-state index is 11.6. The van der Waals surface area contributed by atoms with Crippen molar-refractivity contribution >= 4 is 11.8 Å². The Morgan fingerprint density at radius 2 is 2.00 bits per heavy atom. The van der Waals surface area contributed by atoms with Crippen molar-refractivity contribution in [3.63, 3.8) is 0 Å². The molecule has 0 heterocycles. The molecule has 0 fully saturated rings. The number of ketones is 1. The highest BCUT2D eigenvalue weighted by Gasteiger charge is 1.98. The van der Waals surface area contributed by atoms with E-state index in [0.29, 0.717) is 18.4 Å². The van der Waals surface area contributed by atoms with Gasteiger partial charge in [-0.1, -0.05) is 42.3 Å². The molecule has 0 aliphatic heterocycles. The average Bonchev–Trinajstić information content (AvgIpc) is 2.43. The van der Waals surface area contributed by atoms with Crippen LogP contribution in [0.15, 0.2) is 42.5 Å². The van der Waals surface area contributed by atoms with Crippen LogP contribution >= 0.6 is 0 Å². The van der Waals surface area contributed by atoms with Crippen LogP contribution in [0.4, 0.5) is 0 Å². The van der Waals surface area contributed by atoms with Crippen molar-refractivity contribution < 1.29 is 14.3 Å². The summed E-state index contributed by atoms with van der Waals surface area (Å²) in [5.74, 6) is 4.41. The molecule has 1 rings (SSSR count). The third kappa shape index (κ3) is 5.13. The first-order valence-electron chi connectivity index (χ1n) is 5.57. The third-order valence-corrected chi connectivity index (χ3v) is 2.14. The van der Waals surface area contributed by atoms with Crippen LogP contribution in [0, 0.1) is 11.8 Å². The van der Waals surface area contributed by atoms with E-state index in [1.807, 2.05) is 18.2 Å². The number of hydrogen-bond donors (Lipinski definition) is 0. The molecule has 1 aromatic rings. The molecule has 0 amide bonds. The van der Waals surface area contributed by atoms with E-state index in [2.05, 4.69) is 16.6 Å². The predicted molar refractivity (Wildman–Crippen MR) is 68.9 cm³/mol. The van der Waals surface area contributed by atoms with Gasteiger partial charge in [0.2, 0.25) is 0 Å². The maximum absolute atomic E-state index is 11.6. The minimum Gasteiger partial charge on any atom is -0.459 e. The molecule has 0 radical (unpaired) electrons. The summed E-state index contributed by atoms with van der Waals surface area (Å²) in [6.45, 7) is 0. The highest BCUT2D eigenvalue weighted by molar-refractivity contribution is 6.04. The quantitative estimate of drug-likeness (QED) is 0.203. The van der Waals surface area contributed by atoms with Crippen LogP contribution < -0.4 is 0 Å². The topological polar surface area (TPSA) is 43.4 Å². The predicted octanol–water partition coefficient (Wildman–Crippen LogP) is 2.38. The first kappa shape index (κ1) is 13.7. The van der Waals surface area contributed by atoms with E-state index in [4.69, 9.17) is 0 Å². The summed E-state index contributed by atoms with van der Waals surface area (Å²) in [5.41, 5.74) is 0.661. The second-order valence-electron chi connectivity index (χ2n) is 3.46. The molecule has 0 N–H and O–H groups in total. The fourth-order valence-electron chi connectivity index (χ4n) is 1.23. The number of rotatable bonds is 4. The number of methoxy groups -OCH3 is 1. The molecule has 0 saturated heterocycles. The second-order valence-corrected chi connectivity index (χ2v) is 3.46. The SMILES string of the molecule is COC(=O)C#CCC/C=C/C(=O)c1ccccc1. The molecule has 92 valence electrons. The van der Waals surface area contributed by atoms with E-state index in [-0.39, 0.29) is 5.78 Å². The van der Waals surface area contributed by atoms with Crippen molar-refractivity contribution in [1.29, 1.82) is 0 Å². The first-order chi connectivity index (χ1) is 8.74. The van der Waals surface area contributed by atoms with Crippen molar-refractivity contribution in [3.8, 4) is 11.8 Å².